The zero-order valence-electron chi connectivity index (χ0n) is 8.86. The molecule has 3 heteroatoms. The van der Waals surface area contributed by atoms with Crippen LogP contribution in [0.1, 0.15) is 6.92 Å². The summed E-state index contributed by atoms with van der Waals surface area (Å²) in [6.45, 7) is 2.57. The molecule has 2 rings (SSSR count). The number of hydrogen-bond acceptors (Lipinski definition) is 3. The number of pyridine rings is 1. The molecule has 15 heavy (non-hydrogen) atoms. The maximum atomic E-state index is 5.34. The average Bonchev–Trinajstić information content (AvgIpc) is 2.28. The van der Waals surface area contributed by atoms with Gasteiger partial charge in [-0.15, -0.1) is 0 Å². The summed E-state index contributed by atoms with van der Waals surface area (Å²) in [4.78, 5) is 4.37. The van der Waals surface area contributed by atoms with Crippen molar-refractivity contribution >= 4 is 10.9 Å². The monoisotopic (exact) mass is 203 g/mol. The Morgan fingerprint density at radius 3 is 2.73 bits per heavy atom. The highest BCUT2D eigenvalue weighted by molar-refractivity contribution is 5.80. The predicted octanol–water partition coefficient (Wildman–Crippen LogP) is 2.64. The van der Waals surface area contributed by atoms with Gasteiger partial charge in [0, 0.05) is 17.5 Å². The van der Waals surface area contributed by atoms with Crippen LogP contribution in [0.15, 0.2) is 30.3 Å². The Morgan fingerprint density at radius 1 is 1.20 bits per heavy atom. The van der Waals surface area contributed by atoms with Crippen molar-refractivity contribution in [1.29, 1.82) is 0 Å². The molecule has 78 valence electrons. The Kier molecular flexibility index (Phi) is 2.72. The van der Waals surface area contributed by atoms with Crippen LogP contribution in [0.5, 0.6) is 11.6 Å². The third-order valence-corrected chi connectivity index (χ3v) is 2.17. The van der Waals surface area contributed by atoms with Crippen LogP contribution >= 0.6 is 0 Å². The average molecular weight is 203 g/mol. The maximum Gasteiger partial charge on any atom is 0.213 e. The lowest BCUT2D eigenvalue weighted by atomic mass is 10.2. The Labute approximate surface area is 88.7 Å². The van der Waals surface area contributed by atoms with Gasteiger partial charge < -0.3 is 9.47 Å². The van der Waals surface area contributed by atoms with Gasteiger partial charge in [-0.05, 0) is 25.1 Å². The lowest BCUT2D eigenvalue weighted by molar-refractivity contribution is 0.328. The lowest BCUT2D eigenvalue weighted by Gasteiger charge is -2.05. The first kappa shape index (κ1) is 9.77. The molecular formula is C12H13NO2. The second kappa shape index (κ2) is 4.17. The summed E-state index contributed by atoms with van der Waals surface area (Å²) in [6.07, 6.45) is 0. The van der Waals surface area contributed by atoms with E-state index in [1.807, 2.05) is 37.3 Å². The first-order valence-corrected chi connectivity index (χ1v) is 4.91. The van der Waals surface area contributed by atoms with Gasteiger partial charge >= 0.3 is 0 Å². The van der Waals surface area contributed by atoms with E-state index in [0.717, 1.165) is 16.7 Å². The van der Waals surface area contributed by atoms with E-state index in [1.165, 1.54) is 0 Å². The molecule has 0 unspecified atom stereocenters. The second-order valence-electron chi connectivity index (χ2n) is 3.14. The highest BCUT2D eigenvalue weighted by Gasteiger charge is 2.00. The van der Waals surface area contributed by atoms with Gasteiger partial charge in [0.1, 0.15) is 5.75 Å². The number of ether oxygens (including phenoxy) is 2. The molecule has 0 atom stereocenters. The summed E-state index contributed by atoms with van der Waals surface area (Å²) < 4.78 is 10.5. The Balaban J connectivity index is 2.48. The van der Waals surface area contributed by atoms with Crippen molar-refractivity contribution in [2.45, 2.75) is 6.92 Å². The highest BCUT2D eigenvalue weighted by atomic mass is 16.5. The van der Waals surface area contributed by atoms with Crippen LogP contribution in [-0.4, -0.2) is 18.7 Å². The molecule has 0 radical (unpaired) electrons. The van der Waals surface area contributed by atoms with Gasteiger partial charge in [-0.3, -0.25) is 0 Å². The fourth-order valence-electron chi connectivity index (χ4n) is 1.43. The Morgan fingerprint density at radius 2 is 2.00 bits per heavy atom. The standard InChI is InChI=1S/C12H13NO2/c1-3-15-12-7-5-9-4-6-10(14-2)8-11(9)13-12/h4-8H,3H2,1-2H3. The number of benzene rings is 1. The molecule has 0 spiro atoms. The van der Waals surface area contributed by atoms with Crippen molar-refractivity contribution in [2.75, 3.05) is 13.7 Å². The summed E-state index contributed by atoms with van der Waals surface area (Å²) in [5, 5.41) is 1.08. The summed E-state index contributed by atoms with van der Waals surface area (Å²) in [6, 6.07) is 9.67. The minimum Gasteiger partial charge on any atom is -0.497 e. The van der Waals surface area contributed by atoms with E-state index >= 15 is 0 Å². The van der Waals surface area contributed by atoms with E-state index in [-0.39, 0.29) is 0 Å². The van der Waals surface area contributed by atoms with Gasteiger partial charge in [-0.25, -0.2) is 4.98 Å². The van der Waals surface area contributed by atoms with Gasteiger partial charge in [-0.1, -0.05) is 0 Å². The van der Waals surface area contributed by atoms with Crippen molar-refractivity contribution in [3.63, 3.8) is 0 Å². The molecule has 0 aliphatic carbocycles. The lowest BCUT2D eigenvalue weighted by Crippen LogP contribution is -1.94. The fraction of sp³-hybridized carbons (Fsp3) is 0.250. The van der Waals surface area contributed by atoms with E-state index in [9.17, 15) is 0 Å². The minimum atomic E-state index is 0.627. The molecule has 2 aromatic rings. The van der Waals surface area contributed by atoms with Gasteiger partial charge in [-0.2, -0.15) is 0 Å². The first-order valence-electron chi connectivity index (χ1n) is 4.91. The van der Waals surface area contributed by atoms with Crippen molar-refractivity contribution in [3.8, 4) is 11.6 Å². The smallest absolute Gasteiger partial charge is 0.213 e. The zero-order valence-corrected chi connectivity index (χ0v) is 8.86. The molecule has 1 aromatic heterocycles. The van der Waals surface area contributed by atoms with Crippen molar-refractivity contribution < 1.29 is 9.47 Å². The molecule has 1 aromatic carbocycles. The number of aromatic nitrogens is 1. The SMILES string of the molecule is CCOc1ccc2ccc(OC)cc2n1. The molecule has 0 N–H and O–H groups in total. The first-order chi connectivity index (χ1) is 7.33. The van der Waals surface area contributed by atoms with E-state index in [0.29, 0.717) is 12.5 Å². The van der Waals surface area contributed by atoms with Crippen LogP contribution in [0.3, 0.4) is 0 Å². The van der Waals surface area contributed by atoms with E-state index in [1.54, 1.807) is 7.11 Å². The van der Waals surface area contributed by atoms with E-state index in [4.69, 9.17) is 9.47 Å². The van der Waals surface area contributed by atoms with Gasteiger partial charge in [0.15, 0.2) is 0 Å². The summed E-state index contributed by atoms with van der Waals surface area (Å²) >= 11 is 0. The number of nitrogens with zero attached hydrogens (tertiary/aromatic N) is 1. The quantitative estimate of drug-likeness (QED) is 0.768. The summed E-state index contributed by atoms with van der Waals surface area (Å²) in [5.41, 5.74) is 0.889. The highest BCUT2D eigenvalue weighted by Crippen LogP contribution is 2.21. The fourth-order valence-corrected chi connectivity index (χ4v) is 1.43. The second-order valence-corrected chi connectivity index (χ2v) is 3.14. The van der Waals surface area contributed by atoms with Gasteiger partial charge in [0.05, 0.1) is 19.2 Å². The minimum absolute atomic E-state index is 0.627. The third kappa shape index (κ3) is 2.01. The van der Waals surface area contributed by atoms with Gasteiger partial charge in [0.2, 0.25) is 5.88 Å². The zero-order chi connectivity index (χ0) is 10.7. The van der Waals surface area contributed by atoms with Crippen LogP contribution < -0.4 is 9.47 Å². The summed E-state index contributed by atoms with van der Waals surface area (Å²) in [7, 11) is 1.65. The van der Waals surface area contributed by atoms with Crippen molar-refractivity contribution in [2.24, 2.45) is 0 Å². The molecule has 0 fully saturated rings. The molecule has 3 nitrogen and oxygen atoms in total. The molecule has 0 bridgehead atoms. The summed E-state index contributed by atoms with van der Waals surface area (Å²) in [5.74, 6) is 1.46. The molecule has 0 saturated carbocycles. The predicted molar refractivity (Wildman–Crippen MR) is 59.5 cm³/mol. The van der Waals surface area contributed by atoms with Crippen LogP contribution in [0.4, 0.5) is 0 Å². The molecule has 1 heterocycles. The van der Waals surface area contributed by atoms with E-state index < -0.39 is 0 Å². The van der Waals surface area contributed by atoms with Crippen molar-refractivity contribution in [3.05, 3.63) is 30.3 Å². The molecule has 0 aliphatic rings. The Hall–Kier alpha value is -1.77. The molecule has 0 saturated heterocycles. The van der Waals surface area contributed by atoms with Crippen molar-refractivity contribution in [1.82, 2.24) is 4.98 Å². The number of fused-ring (bicyclic) bond motifs is 1. The third-order valence-electron chi connectivity index (χ3n) is 2.17. The normalized spacial score (nSPS) is 10.3. The molecule has 0 amide bonds. The maximum absolute atomic E-state index is 5.34. The van der Waals surface area contributed by atoms with Crippen LogP contribution in [-0.2, 0) is 0 Å². The number of methoxy groups -OCH3 is 1. The van der Waals surface area contributed by atoms with Crippen LogP contribution in [0.2, 0.25) is 0 Å². The van der Waals surface area contributed by atoms with Crippen LogP contribution in [0.25, 0.3) is 10.9 Å². The topological polar surface area (TPSA) is 31.4 Å². The number of rotatable bonds is 3. The molecule has 0 aliphatic heterocycles. The van der Waals surface area contributed by atoms with Gasteiger partial charge in [0.25, 0.3) is 0 Å². The van der Waals surface area contributed by atoms with E-state index in [2.05, 4.69) is 4.98 Å². The Bertz CT molecular complexity index is 468. The number of hydrogen-bond donors (Lipinski definition) is 0. The molecular weight excluding hydrogens is 190 g/mol. The largest absolute Gasteiger partial charge is 0.497 e. The van der Waals surface area contributed by atoms with Crippen LogP contribution in [0, 0.1) is 0 Å².